The van der Waals surface area contributed by atoms with Crippen molar-refractivity contribution in [2.75, 3.05) is 31.1 Å². The normalized spacial score (nSPS) is 15.2. The van der Waals surface area contributed by atoms with E-state index >= 15 is 0 Å². The summed E-state index contributed by atoms with van der Waals surface area (Å²) in [5, 5.41) is 9.51. The molecule has 0 atom stereocenters. The molecule has 6 heteroatoms. The second-order valence-electron chi connectivity index (χ2n) is 5.27. The zero-order valence-corrected chi connectivity index (χ0v) is 12.3. The van der Waals surface area contributed by atoms with Crippen LogP contribution in [0.2, 0.25) is 0 Å². The molecule has 0 spiro atoms. The Bertz CT molecular complexity index is 522. The molecular weight excluding hydrogens is 272 g/mol. The molecule has 1 amide bonds. The molecule has 0 radical (unpaired) electrons. The maximum absolute atomic E-state index is 11.8. The van der Waals surface area contributed by atoms with E-state index in [1.54, 1.807) is 17.0 Å². The first-order valence-electron chi connectivity index (χ1n) is 7.00. The van der Waals surface area contributed by atoms with E-state index in [0.717, 1.165) is 5.69 Å². The van der Waals surface area contributed by atoms with E-state index in [0.29, 0.717) is 32.5 Å². The van der Waals surface area contributed by atoms with Crippen molar-refractivity contribution in [3.05, 3.63) is 23.8 Å². The number of rotatable bonds is 3. The molecule has 0 saturated carbocycles. The zero-order valence-electron chi connectivity index (χ0n) is 12.3. The molecule has 0 aromatic heterocycles. The molecule has 1 aromatic carbocycles. The van der Waals surface area contributed by atoms with Gasteiger partial charge in [-0.2, -0.15) is 0 Å². The van der Waals surface area contributed by atoms with E-state index in [-0.39, 0.29) is 23.5 Å². The molecule has 6 nitrogen and oxygen atoms in total. The lowest BCUT2D eigenvalue weighted by Crippen LogP contribution is -2.49. The Balaban J connectivity index is 1.98. The van der Waals surface area contributed by atoms with Gasteiger partial charge in [0.1, 0.15) is 5.75 Å². The Morgan fingerprint density at radius 1 is 1.29 bits per heavy atom. The lowest BCUT2D eigenvalue weighted by atomic mass is 10.1. The van der Waals surface area contributed by atoms with E-state index in [1.165, 1.54) is 6.07 Å². The van der Waals surface area contributed by atoms with Crippen molar-refractivity contribution < 1.29 is 19.4 Å². The predicted molar refractivity (Wildman–Crippen MR) is 78.9 cm³/mol. The van der Waals surface area contributed by atoms with Gasteiger partial charge in [-0.3, -0.25) is 4.79 Å². The molecule has 1 fully saturated rings. The molecule has 114 valence electrons. The summed E-state index contributed by atoms with van der Waals surface area (Å²) in [5.74, 6) is -0.0205. The summed E-state index contributed by atoms with van der Waals surface area (Å²) in [6, 6.07) is 4.94. The van der Waals surface area contributed by atoms with Crippen molar-refractivity contribution in [1.29, 1.82) is 0 Å². The number of phenols is 1. The summed E-state index contributed by atoms with van der Waals surface area (Å²) in [6.07, 6.45) is 0.224. The molecule has 2 rings (SSSR count). The topological polar surface area (TPSA) is 70.1 Å². The number of carbonyl (C=O) groups excluding carboxylic acids is 2. The molecule has 1 saturated heterocycles. The number of benzene rings is 1. The summed E-state index contributed by atoms with van der Waals surface area (Å²) < 4.78 is 5.17. The van der Waals surface area contributed by atoms with Crippen LogP contribution in [0.3, 0.4) is 0 Å². The summed E-state index contributed by atoms with van der Waals surface area (Å²) in [4.78, 5) is 26.4. The average molecular weight is 292 g/mol. The van der Waals surface area contributed by atoms with E-state index < -0.39 is 0 Å². The molecule has 21 heavy (non-hydrogen) atoms. The number of aldehydes is 1. The minimum Gasteiger partial charge on any atom is -0.507 e. The highest BCUT2D eigenvalue weighted by molar-refractivity contribution is 5.81. The number of anilines is 1. The molecule has 1 aromatic rings. The number of nitrogens with zero attached hydrogens (tertiary/aromatic N) is 2. The van der Waals surface area contributed by atoms with Crippen LogP contribution in [0.25, 0.3) is 0 Å². The van der Waals surface area contributed by atoms with E-state index in [4.69, 9.17) is 4.74 Å². The number of hydrogen-bond acceptors (Lipinski definition) is 5. The molecular formula is C15H20N2O4. The van der Waals surface area contributed by atoms with Crippen LogP contribution in [0.1, 0.15) is 24.2 Å². The Morgan fingerprint density at radius 2 is 1.95 bits per heavy atom. The second-order valence-corrected chi connectivity index (χ2v) is 5.27. The third kappa shape index (κ3) is 3.65. The van der Waals surface area contributed by atoms with Gasteiger partial charge in [0, 0.05) is 31.9 Å². The molecule has 0 aliphatic carbocycles. The highest BCUT2D eigenvalue weighted by Crippen LogP contribution is 2.23. The lowest BCUT2D eigenvalue weighted by molar-refractivity contribution is 0.0751. The van der Waals surface area contributed by atoms with Gasteiger partial charge in [0.05, 0.1) is 11.7 Å². The molecule has 0 unspecified atom stereocenters. The lowest BCUT2D eigenvalue weighted by Gasteiger charge is -2.35. The number of piperazine rings is 1. The summed E-state index contributed by atoms with van der Waals surface area (Å²) in [5.41, 5.74) is 1.14. The summed E-state index contributed by atoms with van der Waals surface area (Å²) in [6.45, 7) is 6.12. The van der Waals surface area contributed by atoms with Crippen LogP contribution in [0.5, 0.6) is 5.75 Å². The SMILES string of the molecule is CC(C)OC(=O)N1CCN(c2ccc(O)c(C=O)c2)CC1. The molecule has 1 heterocycles. The van der Waals surface area contributed by atoms with E-state index in [1.807, 2.05) is 13.8 Å². The third-order valence-corrected chi connectivity index (χ3v) is 3.38. The summed E-state index contributed by atoms with van der Waals surface area (Å²) in [7, 11) is 0. The Hall–Kier alpha value is -2.24. The largest absolute Gasteiger partial charge is 0.507 e. The number of amides is 1. The van der Waals surface area contributed by atoms with Crippen LogP contribution in [-0.4, -0.2) is 54.7 Å². The van der Waals surface area contributed by atoms with E-state index in [9.17, 15) is 14.7 Å². The first-order valence-corrected chi connectivity index (χ1v) is 7.00. The van der Waals surface area contributed by atoms with Gasteiger partial charge in [0.2, 0.25) is 0 Å². The van der Waals surface area contributed by atoms with Crippen molar-refractivity contribution in [3.8, 4) is 5.75 Å². The van der Waals surface area contributed by atoms with Crippen molar-refractivity contribution >= 4 is 18.1 Å². The fourth-order valence-electron chi connectivity index (χ4n) is 2.26. The maximum atomic E-state index is 11.8. The summed E-state index contributed by atoms with van der Waals surface area (Å²) >= 11 is 0. The van der Waals surface area contributed by atoms with Crippen molar-refractivity contribution in [2.24, 2.45) is 0 Å². The van der Waals surface area contributed by atoms with Crippen LogP contribution >= 0.6 is 0 Å². The predicted octanol–water partition coefficient (Wildman–Crippen LogP) is 1.87. The first kappa shape index (κ1) is 15.2. The molecule has 1 aliphatic rings. The van der Waals surface area contributed by atoms with Gasteiger partial charge >= 0.3 is 6.09 Å². The van der Waals surface area contributed by atoms with Crippen LogP contribution in [0.15, 0.2) is 18.2 Å². The minimum absolute atomic E-state index is 0.0205. The van der Waals surface area contributed by atoms with Crippen LogP contribution in [0, 0.1) is 0 Å². The van der Waals surface area contributed by atoms with Gasteiger partial charge in [-0.25, -0.2) is 4.79 Å². The van der Waals surface area contributed by atoms with Gasteiger partial charge in [0.15, 0.2) is 6.29 Å². The highest BCUT2D eigenvalue weighted by atomic mass is 16.6. The standard InChI is InChI=1S/C15H20N2O4/c1-11(2)21-15(20)17-7-5-16(6-8-17)13-3-4-14(19)12(9-13)10-18/h3-4,9-11,19H,5-8H2,1-2H3. The van der Waals surface area contributed by atoms with Gasteiger partial charge in [-0.05, 0) is 32.0 Å². The van der Waals surface area contributed by atoms with Gasteiger partial charge in [-0.1, -0.05) is 0 Å². The Morgan fingerprint density at radius 3 is 2.52 bits per heavy atom. The fourth-order valence-corrected chi connectivity index (χ4v) is 2.26. The maximum Gasteiger partial charge on any atom is 0.410 e. The molecule has 1 aliphatic heterocycles. The first-order chi connectivity index (χ1) is 10.0. The number of ether oxygens (including phenoxy) is 1. The average Bonchev–Trinajstić information content (AvgIpc) is 2.47. The van der Waals surface area contributed by atoms with Crippen molar-refractivity contribution in [2.45, 2.75) is 20.0 Å². The van der Waals surface area contributed by atoms with Crippen molar-refractivity contribution in [1.82, 2.24) is 4.90 Å². The zero-order chi connectivity index (χ0) is 15.4. The minimum atomic E-state index is -0.288. The monoisotopic (exact) mass is 292 g/mol. The van der Waals surface area contributed by atoms with Gasteiger partial charge < -0.3 is 19.6 Å². The van der Waals surface area contributed by atoms with Crippen molar-refractivity contribution in [3.63, 3.8) is 0 Å². The third-order valence-electron chi connectivity index (χ3n) is 3.38. The van der Waals surface area contributed by atoms with Crippen LogP contribution < -0.4 is 4.90 Å². The molecule has 0 bridgehead atoms. The van der Waals surface area contributed by atoms with Crippen LogP contribution in [0.4, 0.5) is 10.5 Å². The fraction of sp³-hybridized carbons (Fsp3) is 0.467. The van der Waals surface area contributed by atoms with Gasteiger partial charge in [-0.15, -0.1) is 0 Å². The van der Waals surface area contributed by atoms with Crippen LogP contribution in [-0.2, 0) is 4.74 Å². The number of hydrogen-bond donors (Lipinski definition) is 1. The molecule has 1 N–H and O–H groups in total. The van der Waals surface area contributed by atoms with E-state index in [2.05, 4.69) is 4.90 Å². The smallest absolute Gasteiger partial charge is 0.410 e. The number of carbonyl (C=O) groups is 2. The Kier molecular flexibility index (Phi) is 4.67. The quantitative estimate of drug-likeness (QED) is 0.861. The van der Waals surface area contributed by atoms with Gasteiger partial charge in [0.25, 0.3) is 0 Å². The number of phenolic OH excluding ortho intramolecular Hbond substituents is 1. The Labute approximate surface area is 123 Å². The number of aromatic hydroxyl groups is 1. The highest BCUT2D eigenvalue weighted by Gasteiger charge is 2.23. The second kappa shape index (κ2) is 6.47.